The molecule has 0 amide bonds. The van der Waals surface area contributed by atoms with Crippen LogP contribution in [0.1, 0.15) is 9.49 Å². The van der Waals surface area contributed by atoms with Crippen molar-refractivity contribution < 1.29 is 49.3 Å². The Kier molecular flexibility index (Phi) is 9.04. The molecule has 24 heavy (non-hydrogen) atoms. The Morgan fingerprint density at radius 2 is 1.83 bits per heavy atom. The van der Waals surface area contributed by atoms with Crippen molar-refractivity contribution in [1.29, 1.82) is 0 Å². The normalized spacial score (nSPS) is 14.2. The van der Waals surface area contributed by atoms with Gasteiger partial charge in [-0.05, 0) is 68.9 Å². The Labute approximate surface area is 202 Å². The standard InChI is InChI=1S/C15H12I3NO4.Na/c16-11-7-9(20)3-6-12(11)23-10-4-1-8(2-5-10)13(17)15(18,19)14(21)22;/h1-7,13,20H,19H2,(H,21,22);/q;+1/p-1/t13-,15+;/m1./s1. The van der Waals surface area contributed by atoms with Crippen LogP contribution in [0.5, 0.6) is 17.2 Å². The van der Waals surface area contributed by atoms with Crippen LogP contribution in [0.2, 0.25) is 0 Å². The largest absolute Gasteiger partial charge is 1.00 e. The smallest absolute Gasteiger partial charge is 0.872 e. The number of hydrogen-bond acceptors (Lipinski definition) is 4. The van der Waals surface area contributed by atoms with Crippen LogP contribution in [0.25, 0.3) is 0 Å². The SMILES string of the molecule is N[C@](I)(C(=O)O)[C@H](I)c1ccc(Oc2ccc([O-])cc2I)cc1.[Na+]. The van der Waals surface area contributed by atoms with Crippen LogP contribution in [0, 0.1) is 3.57 Å². The van der Waals surface area contributed by atoms with Gasteiger partial charge in [-0.25, -0.2) is 4.79 Å². The van der Waals surface area contributed by atoms with Crippen LogP contribution in [-0.4, -0.2) is 14.6 Å². The van der Waals surface area contributed by atoms with Gasteiger partial charge in [0.1, 0.15) is 11.5 Å². The number of alkyl halides is 2. The van der Waals surface area contributed by atoms with Crippen molar-refractivity contribution in [2.45, 2.75) is 7.47 Å². The summed E-state index contributed by atoms with van der Waals surface area (Å²) in [5, 5.41) is 20.4. The monoisotopic (exact) mass is 673 g/mol. The van der Waals surface area contributed by atoms with Crippen molar-refractivity contribution in [3.8, 4) is 17.2 Å². The van der Waals surface area contributed by atoms with Gasteiger partial charge in [-0.2, -0.15) is 0 Å². The number of carboxylic acid groups (broad SMARTS) is 1. The molecule has 0 fully saturated rings. The van der Waals surface area contributed by atoms with Gasteiger partial charge in [0, 0.05) is 0 Å². The number of halogens is 3. The van der Waals surface area contributed by atoms with E-state index in [0.717, 1.165) is 9.13 Å². The Balaban J connectivity index is 0.00000288. The first-order valence-electron chi connectivity index (χ1n) is 6.31. The first kappa shape index (κ1) is 22.7. The first-order valence-corrected chi connectivity index (χ1v) is 9.71. The Hall–Kier alpha value is 0.660. The van der Waals surface area contributed by atoms with Gasteiger partial charge in [0.05, 0.1) is 7.49 Å². The molecule has 5 nitrogen and oxygen atoms in total. The molecule has 0 aliphatic carbocycles. The second kappa shape index (κ2) is 9.55. The summed E-state index contributed by atoms with van der Waals surface area (Å²) in [4.78, 5) is 11.2. The van der Waals surface area contributed by atoms with Gasteiger partial charge in [-0.15, -0.1) is 5.75 Å². The van der Waals surface area contributed by atoms with Crippen molar-refractivity contribution >= 4 is 73.7 Å². The quantitative estimate of drug-likeness (QED) is 0.212. The van der Waals surface area contributed by atoms with E-state index in [1.54, 1.807) is 52.9 Å². The van der Waals surface area contributed by atoms with E-state index in [4.69, 9.17) is 10.5 Å². The first-order chi connectivity index (χ1) is 10.7. The molecule has 122 valence electrons. The van der Waals surface area contributed by atoms with Crippen molar-refractivity contribution in [2.75, 3.05) is 0 Å². The molecule has 0 saturated heterocycles. The molecule has 2 rings (SSSR count). The van der Waals surface area contributed by atoms with Crippen LogP contribution >= 0.6 is 67.8 Å². The van der Waals surface area contributed by atoms with Crippen LogP contribution in [0.15, 0.2) is 42.5 Å². The molecule has 0 spiro atoms. The van der Waals surface area contributed by atoms with E-state index in [1.807, 2.05) is 45.2 Å². The predicted octanol–water partition coefficient (Wildman–Crippen LogP) is 0.812. The molecule has 0 aromatic heterocycles. The van der Waals surface area contributed by atoms with E-state index in [2.05, 4.69) is 0 Å². The third-order valence-electron chi connectivity index (χ3n) is 3.00. The molecule has 2 aromatic rings. The topological polar surface area (TPSA) is 95.6 Å². The van der Waals surface area contributed by atoms with Crippen LogP contribution < -0.4 is 45.1 Å². The predicted molar refractivity (Wildman–Crippen MR) is 110 cm³/mol. The summed E-state index contributed by atoms with van der Waals surface area (Å²) < 4.78 is 4.68. The number of benzene rings is 2. The maximum absolute atomic E-state index is 11.2. The van der Waals surface area contributed by atoms with Gasteiger partial charge in [-0.1, -0.05) is 46.9 Å². The van der Waals surface area contributed by atoms with Gasteiger partial charge in [-0.3, -0.25) is 0 Å². The van der Waals surface area contributed by atoms with Gasteiger partial charge in [0.15, 0.2) is 3.55 Å². The van der Waals surface area contributed by atoms with E-state index in [9.17, 15) is 15.0 Å². The number of ether oxygens (including phenoxy) is 1. The summed E-state index contributed by atoms with van der Waals surface area (Å²) in [6, 6.07) is 11.6. The van der Waals surface area contributed by atoms with Crippen molar-refractivity contribution in [3.63, 3.8) is 0 Å². The molecule has 3 N–H and O–H groups in total. The summed E-state index contributed by atoms with van der Waals surface area (Å²) in [6.45, 7) is 0. The fourth-order valence-electron chi connectivity index (χ4n) is 1.75. The molecule has 0 unspecified atom stereocenters. The Bertz CT molecular complexity index is 725. The van der Waals surface area contributed by atoms with Gasteiger partial charge in [0.2, 0.25) is 0 Å². The molecule has 0 radical (unpaired) electrons. The molecule has 0 bridgehead atoms. The van der Waals surface area contributed by atoms with E-state index in [0.29, 0.717) is 11.5 Å². The van der Waals surface area contributed by atoms with Crippen molar-refractivity contribution in [1.82, 2.24) is 0 Å². The maximum atomic E-state index is 11.2. The minimum absolute atomic E-state index is 0. The summed E-state index contributed by atoms with van der Waals surface area (Å²) in [5.74, 6) is 0.0572. The zero-order valence-electron chi connectivity index (χ0n) is 12.5. The average Bonchev–Trinajstić information content (AvgIpc) is 2.50. The van der Waals surface area contributed by atoms with Gasteiger partial charge < -0.3 is 20.7 Å². The number of rotatable bonds is 5. The van der Waals surface area contributed by atoms with Crippen LogP contribution in [-0.2, 0) is 4.79 Å². The molecule has 2 atom stereocenters. The Morgan fingerprint density at radius 1 is 1.25 bits per heavy atom. The van der Waals surface area contributed by atoms with E-state index < -0.39 is 13.4 Å². The molecular formula is C15H11I3NNaO4. The van der Waals surface area contributed by atoms with Crippen molar-refractivity contribution in [3.05, 3.63) is 51.6 Å². The number of carbonyl (C=O) groups is 1. The molecule has 0 aliphatic rings. The van der Waals surface area contributed by atoms with Gasteiger partial charge >= 0.3 is 35.5 Å². The summed E-state index contributed by atoms with van der Waals surface area (Å²) in [7, 11) is 0. The average molecular weight is 673 g/mol. The van der Waals surface area contributed by atoms with E-state index in [-0.39, 0.29) is 35.3 Å². The molecule has 0 heterocycles. The number of hydrogen-bond donors (Lipinski definition) is 2. The summed E-state index contributed by atoms with van der Waals surface area (Å²) in [5.41, 5.74) is 6.64. The molecular weight excluding hydrogens is 662 g/mol. The molecule has 9 heteroatoms. The number of nitrogens with two attached hydrogens (primary N) is 1. The third kappa shape index (κ3) is 5.58. The van der Waals surface area contributed by atoms with Crippen LogP contribution in [0.3, 0.4) is 0 Å². The third-order valence-corrected chi connectivity index (χ3v) is 7.82. The summed E-state index contributed by atoms with van der Waals surface area (Å²) >= 11 is 5.80. The number of aliphatic carboxylic acids is 1. The van der Waals surface area contributed by atoms with E-state index in [1.165, 1.54) is 12.1 Å². The van der Waals surface area contributed by atoms with Gasteiger partial charge in [0.25, 0.3) is 0 Å². The van der Waals surface area contributed by atoms with Crippen LogP contribution in [0.4, 0.5) is 0 Å². The minimum atomic E-state index is -1.39. The van der Waals surface area contributed by atoms with Crippen molar-refractivity contribution in [2.24, 2.45) is 5.73 Å². The van der Waals surface area contributed by atoms with E-state index >= 15 is 0 Å². The second-order valence-corrected chi connectivity index (χ2v) is 8.89. The fraction of sp³-hybridized carbons (Fsp3) is 0.133. The zero-order chi connectivity index (χ0) is 17.2. The fourth-order valence-corrected chi connectivity index (χ4v) is 3.39. The molecule has 2 aromatic carbocycles. The number of carboxylic acids is 1. The molecule has 0 saturated carbocycles. The maximum Gasteiger partial charge on any atom is 1.00 e. The second-order valence-electron chi connectivity index (χ2n) is 4.70. The minimum Gasteiger partial charge on any atom is -0.872 e. The summed E-state index contributed by atoms with van der Waals surface area (Å²) in [6.07, 6.45) is 0. The molecule has 0 aliphatic heterocycles. The zero-order valence-corrected chi connectivity index (χ0v) is 21.0. The Morgan fingerprint density at radius 3 is 2.33 bits per heavy atom.